The van der Waals surface area contributed by atoms with Gasteiger partial charge < -0.3 is 14.7 Å². The number of para-hydroxylation sites is 1. The van der Waals surface area contributed by atoms with Gasteiger partial charge in [0.05, 0.1) is 4.92 Å². The van der Waals surface area contributed by atoms with Gasteiger partial charge in [-0.05, 0) is 25.0 Å². The van der Waals surface area contributed by atoms with Crippen LogP contribution in [0.15, 0.2) is 53.9 Å². The minimum atomic E-state index is -1.78. The Labute approximate surface area is 139 Å². The number of carboxylic acids is 1. The number of carbonyl (C=O) groups is 1. The molecule has 1 fully saturated rings. The Morgan fingerprint density at radius 2 is 1.92 bits per heavy atom. The van der Waals surface area contributed by atoms with Crippen molar-refractivity contribution in [3.63, 3.8) is 0 Å². The number of benzene rings is 1. The van der Waals surface area contributed by atoms with E-state index in [4.69, 9.17) is 4.74 Å². The highest BCUT2D eigenvalue weighted by molar-refractivity contribution is 5.82. The first kappa shape index (κ1) is 16.0. The van der Waals surface area contributed by atoms with Crippen LogP contribution in [0, 0.1) is 10.1 Å². The molecule has 1 aliphatic carbocycles. The van der Waals surface area contributed by atoms with Gasteiger partial charge in [-0.1, -0.05) is 18.2 Å². The number of allylic oxidation sites excluding steroid dienone is 1. The van der Waals surface area contributed by atoms with Crippen LogP contribution in [0.4, 0.5) is 0 Å². The zero-order chi connectivity index (χ0) is 17.2. The summed E-state index contributed by atoms with van der Waals surface area (Å²) in [7, 11) is 0. The van der Waals surface area contributed by atoms with Crippen molar-refractivity contribution < 1.29 is 19.6 Å². The Balaban J connectivity index is 1.99. The van der Waals surface area contributed by atoms with E-state index in [1.165, 1.54) is 6.08 Å². The van der Waals surface area contributed by atoms with Gasteiger partial charge in [0.25, 0.3) is 5.70 Å². The summed E-state index contributed by atoms with van der Waals surface area (Å²) in [5.74, 6) is -0.878. The van der Waals surface area contributed by atoms with Gasteiger partial charge in [-0.25, -0.2) is 4.79 Å². The number of nitrogens with zero attached hydrogens (tertiary/aromatic N) is 2. The van der Waals surface area contributed by atoms with Gasteiger partial charge in [-0.3, -0.25) is 10.1 Å². The van der Waals surface area contributed by atoms with Crippen molar-refractivity contribution in [3.8, 4) is 5.75 Å². The molecule has 1 aromatic carbocycles. The highest BCUT2D eigenvalue weighted by atomic mass is 16.6. The first-order chi connectivity index (χ1) is 11.5. The number of ether oxygens (including phenoxy) is 1. The van der Waals surface area contributed by atoms with E-state index in [9.17, 15) is 20.0 Å². The van der Waals surface area contributed by atoms with Crippen molar-refractivity contribution in [2.45, 2.75) is 24.9 Å². The third-order valence-electron chi connectivity index (χ3n) is 4.27. The second kappa shape index (κ2) is 6.35. The Kier molecular flexibility index (Phi) is 4.24. The standard InChI is InChI=1S/C17H18N2O5/c20-16(21)17(24-15-6-2-1-3-7-15)11-13(18-8-4-5-9-18)10-14(12-17)19(22)23/h1-3,6-7,10,12H,4-5,8-9,11H2,(H,20,21). The second-order valence-corrected chi connectivity index (χ2v) is 5.94. The lowest BCUT2D eigenvalue weighted by atomic mass is 9.90. The zero-order valence-electron chi connectivity index (χ0n) is 13.1. The molecule has 3 rings (SSSR count). The maximum absolute atomic E-state index is 12.0. The minimum absolute atomic E-state index is 0.0641. The smallest absolute Gasteiger partial charge is 0.352 e. The van der Waals surface area contributed by atoms with E-state index in [1.54, 1.807) is 30.3 Å². The molecule has 1 atom stereocenters. The molecule has 1 heterocycles. The number of hydrogen-bond acceptors (Lipinski definition) is 5. The van der Waals surface area contributed by atoms with Crippen molar-refractivity contribution in [1.82, 2.24) is 4.90 Å². The molecule has 24 heavy (non-hydrogen) atoms. The molecular formula is C17H18N2O5. The summed E-state index contributed by atoms with van der Waals surface area (Å²) < 4.78 is 5.73. The molecule has 7 heteroatoms. The van der Waals surface area contributed by atoms with Crippen molar-refractivity contribution in [1.29, 1.82) is 0 Å². The van der Waals surface area contributed by atoms with Crippen LogP contribution in [0.3, 0.4) is 0 Å². The van der Waals surface area contributed by atoms with Crippen molar-refractivity contribution >= 4 is 5.97 Å². The molecule has 126 valence electrons. The van der Waals surface area contributed by atoms with Crippen LogP contribution in [0.5, 0.6) is 5.75 Å². The van der Waals surface area contributed by atoms with E-state index in [1.807, 2.05) is 4.90 Å². The Morgan fingerprint density at radius 1 is 1.25 bits per heavy atom. The molecule has 0 amide bonds. The van der Waals surface area contributed by atoms with E-state index >= 15 is 0 Å². The summed E-state index contributed by atoms with van der Waals surface area (Å²) in [5.41, 5.74) is -1.39. The van der Waals surface area contributed by atoms with Crippen LogP contribution in [-0.4, -0.2) is 39.6 Å². The SMILES string of the molecule is O=C(O)C1(Oc2ccccc2)C=C([N+](=O)[O-])C=C(N2CCCC2)C1. The van der Waals surface area contributed by atoms with Crippen LogP contribution in [-0.2, 0) is 4.79 Å². The average molecular weight is 330 g/mol. The summed E-state index contributed by atoms with van der Waals surface area (Å²) in [6.07, 6.45) is 4.61. The molecule has 0 saturated carbocycles. The maximum Gasteiger partial charge on any atom is 0.352 e. The molecule has 0 spiro atoms. The summed E-state index contributed by atoms with van der Waals surface area (Å²) >= 11 is 0. The molecule has 1 unspecified atom stereocenters. The molecule has 2 aliphatic rings. The number of nitro groups is 1. The van der Waals surface area contributed by atoms with E-state index in [0.29, 0.717) is 11.4 Å². The van der Waals surface area contributed by atoms with Gasteiger partial charge in [-0.2, -0.15) is 0 Å². The van der Waals surface area contributed by atoms with Gasteiger partial charge in [0, 0.05) is 37.4 Å². The summed E-state index contributed by atoms with van der Waals surface area (Å²) in [4.78, 5) is 24.7. The molecule has 7 nitrogen and oxygen atoms in total. The van der Waals surface area contributed by atoms with Gasteiger partial charge in [-0.15, -0.1) is 0 Å². The monoisotopic (exact) mass is 330 g/mol. The van der Waals surface area contributed by atoms with Crippen molar-refractivity contribution in [2.24, 2.45) is 0 Å². The summed E-state index contributed by atoms with van der Waals surface area (Å²) in [6, 6.07) is 8.51. The predicted molar refractivity (Wildman–Crippen MR) is 86.0 cm³/mol. The van der Waals surface area contributed by atoms with E-state index < -0.39 is 16.5 Å². The fraction of sp³-hybridized carbons (Fsp3) is 0.353. The molecule has 0 radical (unpaired) electrons. The van der Waals surface area contributed by atoms with Crippen molar-refractivity contribution in [2.75, 3.05) is 13.1 Å². The Bertz CT molecular complexity index is 707. The summed E-state index contributed by atoms with van der Waals surface area (Å²) in [5, 5.41) is 21.1. The third-order valence-corrected chi connectivity index (χ3v) is 4.27. The van der Waals surface area contributed by atoms with Gasteiger partial charge in [0.1, 0.15) is 5.75 Å². The first-order valence-corrected chi connectivity index (χ1v) is 7.80. The normalized spacial score (nSPS) is 23.4. The molecule has 0 bridgehead atoms. The number of aliphatic carboxylic acids is 1. The van der Waals surface area contributed by atoms with Crippen LogP contribution in [0.2, 0.25) is 0 Å². The largest absolute Gasteiger partial charge is 0.478 e. The number of hydrogen-bond donors (Lipinski definition) is 1. The average Bonchev–Trinajstić information content (AvgIpc) is 3.10. The van der Waals surface area contributed by atoms with Gasteiger partial charge >= 0.3 is 5.97 Å². The number of likely N-dealkylation sites (tertiary alicyclic amines) is 1. The van der Waals surface area contributed by atoms with Crippen LogP contribution in [0.25, 0.3) is 0 Å². The van der Waals surface area contributed by atoms with Crippen LogP contribution in [0.1, 0.15) is 19.3 Å². The zero-order valence-corrected chi connectivity index (χ0v) is 13.1. The number of carboxylic acid groups (broad SMARTS) is 1. The molecule has 1 saturated heterocycles. The highest BCUT2D eigenvalue weighted by Gasteiger charge is 2.46. The number of rotatable bonds is 5. The quantitative estimate of drug-likeness (QED) is 0.658. The molecule has 0 aromatic heterocycles. The molecular weight excluding hydrogens is 312 g/mol. The fourth-order valence-electron chi connectivity index (χ4n) is 3.08. The predicted octanol–water partition coefficient (Wildman–Crippen LogP) is 2.43. The minimum Gasteiger partial charge on any atom is -0.478 e. The lowest BCUT2D eigenvalue weighted by Gasteiger charge is -2.33. The maximum atomic E-state index is 12.0. The first-order valence-electron chi connectivity index (χ1n) is 7.80. The van der Waals surface area contributed by atoms with E-state index in [0.717, 1.165) is 32.0 Å². The molecule has 1 aliphatic heterocycles. The lowest BCUT2D eigenvalue weighted by Crippen LogP contribution is -2.46. The lowest BCUT2D eigenvalue weighted by molar-refractivity contribution is -0.420. The topological polar surface area (TPSA) is 92.9 Å². The fourth-order valence-corrected chi connectivity index (χ4v) is 3.08. The highest BCUT2D eigenvalue weighted by Crippen LogP contribution is 2.34. The van der Waals surface area contributed by atoms with E-state index in [-0.39, 0.29) is 12.1 Å². The Hall–Kier alpha value is -2.83. The Morgan fingerprint density at radius 3 is 2.50 bits per heavy atom. The second-order valence-electron chi connectivity index (χ2n) is 5.94. The van der Waals surface area contributed by atoms with Gasteiger partial charge in [0.2, 0.25) is 5.60 Å². The third kappa shape index (κ3) is 3.10. The van der Waals surface area contributed by atoms with Crippen LogP contribution >= 0.6 is 0 Å². The van der Waals surface area contributed by atoms with Gasteiger partial charge in [0.15, 0.2) is 0 Å². The van der Waals surface area contributed by atoms with E-state index in [2.05, 4.69) is 0 Å². The van der Waals surface area contributed by atoms with Crippen molar-refractivity contribution in [3.05, 3.63) is 64.0 Å². The van der Waals surface area contributed by atoms with Crippen LogP contribution < -0.4 is 4.74 Å². The summed E-state index contributed by atoms with van der Waals surface area (Å²) in [6.45, 7) is 1.55. The molecule has 1 N–H and O–H groups in total. The molecule has 1 aromatic rings.